The molecule has 0 radical (unpaired) electrons. The molecule has 4 nitrogen and oxygen atoms in total. The number of morpholine rings is 1. The third-order valence-electron chi connectivity index (χ3n) is 4.59. The van der Waals surface area contributed by atoms with Crippen molar-refractivity contribution in [3.8, 4) is 0 Å². The SMILES string of the molecule is O=C([C@@H](CN[C@@H]1CCCSC1)c1ccccc1)N1CCOCC1. The second kappa shape index (κ2) is 8.71. The van der Waals surface area contributed by atoms with Crippen LogP contribution < -0.4 is 5.32 Å². The van der Waals surface area contributed by atoms with Gasteiger partial charge in [-0.15, -0.1) is 0 Å². The van der Waals surface area contributed by atoms with E-state index in [2.05, 4.69) is 17.4 Å². The Morgan fingerprint density at radius 1 is 1.30 bits per heavy atom. The van der Waals surface area contributed by atoms with Gasteiger partial charge in [0, 0.05) is 31.4 Å². The Morgan fingerprint density at radius 2 is 2.09 bits per heavy atom. The molecule has 0 saturated carbocycles. The topological polar surface area (TPSA) is 41.6 Å². The largest absolute Gasteiger partial charge is 0.378 e. The van der Waals surface area contributed by atoms with Crippen LogP contribution in [0.1, 0.15) is 24.3 Å². The molecule has 2 fully saturated rings. The van der Waals surface area contributed by atoms with Crippen molar-refractivity contribution in [1.29, 1.82) is 0 Å². The minimum Gasteiger partial charge on any atom is -0.378 e. The molecule has 1 aromatic rings. The van der Waals surface area contributed by atoms with E-state index in [-0.39, 0.29) is 11.8 Å². The van der Waals surface area contributed by atoms with Crippen molar-refractivity contribution in [3.05, 3.63) is 35.9 Å². The summed E-state index contributed by atoms with van der Waals surface area (Å²) in [6.45, 7) is 3.45. The van der Waals surface area contributed by atoms with E-state index in [9.17, 15) is 4.79 Å². The van der Waals surface area contributed by atoms with Gasteiger partial charge in [0.25, 0.3) is 0 Å². The van der Waals surface area contributed by atoms with Crippen molar-refractivity contribution >= 4 is 17.7 Å². The van der Waals surface area contributed by atoms with E-state index < -0.39 is 0 Å². The van der Waals surface area contributed by atoms with Gasteiger partial charge in [0.2, 0.25) is 5.91 Å². The lowest BCUT2D eigenvalue weighted by molar-refractivity contribution is -0.136. The van der Waals surface area contributed by atoms with E-state index in [0.29, 0.717) is 32.3 Å². The molecule has 2 saturated heterocycles. The molecular weight excluding hydrogens is 308 g/mol. The molecule has 5 heteroatoms. The van der Waals surface area contributed by atoms with Crippen LogP contribution in [-0.2, 0) is 9.53 Å². The van der Waals surface area contributed by atoms with Crippen molar-refractivity contribution in [2.75, 3.05) is 44.4 Å². The molecular formula is C18H26N2O2S. The van der Waals surface area contributed by atoms with Crippen LogP contribution in [0, 0.1) is 0 Å². The highest BCUT2D eigenvalue weighted by atomic mass is 32.2. The number of carbonyl (C=O) groups excluding carboxylic acids is 1. The fraction of sp³-hybridized carbons (Fsp3) is 0.611. The maximum Gasteiger partial charge on any atom is 0.231 e. The third-order valence-corrected chi connectivity index (χ3v) is 5.81. The zero-order valence-corrected chi connectivity index (χ0v) is 14.4. The Morgan fingerprint density at radius 3 is 2.78 bits per heavy atom. The van der Waals surface area contributed by atoms with Crippen molar-refractivity contribution < 1.29 is 9.53 Å². The van der Waals surface area contributed by atoms with E-state index >= 15 is 0 Å². The number of nitrogens with zero attached hydrogens (tertiary/aromatic N) is 1. The van der Waals surface area contributed by atoms with Crippen molar-refractivity contribution in [1.82, 2.24) is 10.2 Å². The number of rotatable bonds is 5. The Labute approximate surface area is 143 Å². The number of amides is 1. The Bertz CT molecular complexity index is 485. The Hall–Kier alpha value is -1.04. The van der Waals surface area contributed by atoms with Gasteiger partial charge in [-0.25, -0.2) is 0 Å². The minimum atomic E-state index is -0.0961. The molecule has 2 atom stereocenters. The van der Waals surface area contributed by atoms with Crippen LogP contribution in [0.15, 0.2) is 30.3 Å². The van der Waals surface area contributed by atoms with Crippen LogP contribution in [0.3, 0.4) is 0 Å². The maximum atomic E-state index is 13.0. The quantitative estimate of drug-likeness (QED) is 0.895. The second-order valence-electron chi connectivity index (χ2n) is 6.22. The predicted molar refractivity (Wildman–Crippen MR) is 94.9 cm³/mol. The summed E-state index contributed by atoms with van der Waals surface area (Å²) >= 11 is 2.01. The van der Waals surface area contributed by atoms with Crippen molar-refractivity contribution in [2.24, 2.45) is 0 Å². The Kier molecular flexibility index (Phi) is 6.37. The minimum absolute atomic E-state index is 0.0961. The summed E-state index contributed by atoms with van der Waals surface area (Å²) in [6.07, 6.45) is 2.50. The molecule has 1 aromatic carbocycles. The van der Waals surface area contributed by atoms with E-state index in [1.807, 2.05) is 34.9 Å². The first-order valence-corrected chi connectivity index (χ1v) is 9.72. The summed E-state index contributed by atoms with van der Waals surface area (Å²) in [4.78, 5) is 15.0. The summed E-state index contributed by atoms with van der Waals surface area (Å²) in [5.41, 5.74) is 1.11. The molecule has 3 rings (SSSR count). The zero-order valence-electron chi connectivity index (χ0n) is 13.6. The first-order chi connectivity index (χ1) is 11.3. The van der Waals surface area contributed by atoms with Crippen LogP contribution in [0.2, 0.25) is 0 Å². The number of nitrogens with one attached hydrogen (secondary N) is 1. The number of carbonyl (C=O) groups is 1. The lowest BCUT2D eigenvalue weighted by Crippen LogP contribution is -2.46. The van der Waals surface area contributed by atoms with Gasteiger partial charge in [0.05, 0.1) is 19.1 Å². The van der Waals surface area contributed by atoms with Crippen molar-refractivity contribution in [2.45, 2.75) is 24.8 Å². The highest BCUT2D eigenvalue weighted by Gasteiger charge is 2.28. The van der Waals surface area contributed by atoms with E-state index in [4.69, 9.17) is 4.74 Å². The number of hydrogen-bond donors (Lipinski definition) is 1. The Balaban J connectivity index is 1.66. The van der Waals surface area contributed by atoms with Gasteiger partial charge in [-0.3, -0.25) is 4.79 Å². The lowest BCUT2D eigenvalue weighted by Gasteiger charge is -2.32. The van der Waals surface area contributed by atoms with Gasteiger partial charge in [-0.2, -0.15) is 11.8 Å². The molecule has 23 heavy (non-hydrogen) atoms. The summed E-state index contributed by atoms with van der Waals surface area (Å²) < 4.78 is 5.38. The van der Waals surface area contributed by atoms with Gasteiger partial charge in [-0.05, 0) is 24.2 Å². The molecule has 0 aliphatic carbocycles. The van der Waals surface area contributed by atoms with Gasteiger partial charge in [-0.1, -0.05) is 30.3 Å². The smallest absolute Gasteiger partial charge is 0.231 e. The summed E-state index contributed by atoms with van der Waals surface area (Å²) in [5, 5.41) is 3.64. The summed E-state index contributed by atoms with van der Waals surface area (Å²) in [7, 11) is 0. The normalized spacial score (nSPS) is 23.5. The van der Waals surface area contributed by atoms with E-state index in [1.165, 1.54) is 18.6 Å². The molecule has 2 heterocycles. The molecule has 126 valence electrons. The van der Waals surface area contributed by atoms with Gasteiger partial charge in [0.1, 0.15) is 0 Å². The molecule has 0 bridgehead atoms. The monoisotopic (exact) mass is 334 g/mol. The predicted octanol–water partition coefficient (Wildman–Crippen LogP) is 2.11. The van der Waals surface area contributed by atoms with Gasteiger partial charge in [0.15, 0.2) is 0 Å². The van der Waals surface area contributed by atoms with Crippen LogP contribution >= 0.6 is 11.8 Å². The van der Waals surface area contributed by atoms with Gasteiger partial charge < -0.3 is 15.0 Å². The van der Waals surface area contributed by atoms with E-state index in [1.54, 1.807) is 0 Å². The maximum absolute atomic E-state index is 13.0. The lowest BCUT2D eigenvalue weighted by atomic mass is 9.96. The van der Waals surface area contributed by atoms with Crippen molar-refractivity contribution in [3.63, 3.8) is 0 Å². The third kappa shape index (κ3) is 4.72. The number of benzene rings is 1. The molecule has 0 aromatic heterocycles. The van der Waals surface area contributed by atoms with Crippen LogP contribution in [0.25, 0.3) is 0 Å². The zero-order chi connectivity index (χ0) is 15.9. The average Bonchev–Trinajstić information content (AvgIpc) is 2.64. The summed E-state index contributed by atoms with van der Waals surface area (Å²) in [6, 6.07) is 10.7. The van der Waals surface area contributed by atoms with Crippen LogP contribution in [-0.4, -0.2) is 61.2 Å². The van der Waals surface area contributed by atoms with Crippen LogP contribution in [0.5, 0.6) is 0 Å². The first kappa shape index (κ1) is 16.8. The van der Waals surface area contributed by atoms with E-state index in [0.717, 1.165) is 17.9 Å². The number of hydrogen-bond acceptors (Lipinski definition) is 4. The molecule has 2 aliphatic rings. The average molecular weight is 334 g/mol. The highest BCUT2D eigenvalue weighted by molar-refractivity contribution is 7.99. The van der Waals surface area contributed by atoms with Crippen LogP contribution in [0.4, 0.5) is 0 Å². The fourth-order valence-electron chi connectivity index (χ4n) is 3.22. The molecule has 2 aliphatic heterocycles. The second-order valence-corrected chi connectivity index (χ2v) is 7.37. The molecule has 1 N–H and O–H groups in total. The molecule has 1 amide bonds. The van der Waals surface area contributed by atoms with Gasteiger partial charge >= 0.3 is 0 Å². The summed E-state index contributed by atoms with van der Waals surface area (Å²) in [5.74, 6) is 2.57. The highest BCUT2D eigenvalue weighted by Crippen LogP contribution is 2.21. The standard InChI is InChI=1S/C18H26N2O2S/c21-18(20-8-10-22-11-9-20)17(15-5-2-1-3-6-15)13-19-16-7-4-12-23-14-16/h1-3,5-6,16-17,19H,4,7-14H2/t16-,17+/m1/s1. The number of thioether (sulfide) groups is 1. The fourth-order valence-corrected chi connectivity index (χ4v) is 4.33. The molecule has 0 spiro atoms. The number of ether oxygens (including phenoxy) is 1. The first-order valence-electron chi connectivity index (χ1n) is 8.57. The molecule has 0 unspecified atom stereocenters.